The van der Waals surface area contributed by atoms with Crippen molar-refractivity contribution in [3.05, 3.63) is 154 Å². The zero-order valence-electron chi connectivity index (χ0n) is 50.9. The Labute approximate surface area is 527 Å². The fraction of sp³-hybridized carbons (Fsp3) is 0.418. The molecule has 2 spiro atoms. The number of carboxylic acids is 1. The maximum Gasteiger partial charge on any atom is 0.410 e. The number of likely N-dealkylation sites (tertiary alicyclic amines) is 2. The number of hydrogen-bond donors (Lipinski definition) is 3. The highest BCUT2D eigenvalue weighted by Crippen LogP contribution is 2.46. The van der Waals surface area contributed by atoms with Gasteiger partial charge in [0.25, 0.3) is 17.7 Å². The summed E-state index contributed by atoms with van der Waals surface area (Å²) >= 11 is 1.28. The monoisotopic (exact) mass is 1260 g/mol. The number of hydrogen-bond acceptors (Lipinski definition) is 13. The van der Waals surface area contributed by atoms with Crippen molar-refractivity contribution >= 4 is 63.7 Å². The zero-order chi connectivity index (χ0) is 63.3. The van der Waals surface area contributed by atoms with Gasteiger partial charge in [-0.1, -0.05) is 24.3 Å². The van der Waals surface area contributed by atoms with Gasteiger partial charge >= 0.3 is 18.2 Å². The first-order valence-electron chi connectivity index (χ1n) is 31.1. The van der Waals surface area contributed by atoms with Crippen molar-refractivity contribution < 1.29 is 52.5 Å². The molecule has 15 rings (SSSR count). The lowest BCUT2D eigenvalue weighted by Crippen LogP contribution is -2.61. The Morgan fingerprint density at radius 1 is 0.615 bits per heavy atom. The Hall–Kier alpha value is -9.19. The van der Waals surface area contributed by atoms with Crippen molar-refractivity contribution in [3.63, 3.8) is 0 Å². The van der Waals surface area contributed by atoms with Crippen molar-refractivity contribution in [3.8, 4) is 22.3 Å². The van der Waals surface area contributed by atoms with E-state index in [1.165, 1.54) is 38.2 Å². The largest absolute Gasteiger partial charge is 0.479 e. The van der Waals surface area contributed by atoms with E-state index in [-0.39, 0.29) is 52.3 Å². The van der Waals surface area contributed by atoms with Gasteiger partial charge in [0.2, 0.25) is 0 Å². The molecule has 24 heteroatoms. The molecule has 2 atom stereocenters. The minimum Gasteiger partial charge on any atom is -0.479 e. The summed E-state index contributed by atoms with van der Waals surface area (Å²) in [6.45, 7) is 13.2. The third-order valence-corrected chi connectivity index (χ3v) is 20.4. The van der Waals surface area contributed by atoms with Crippen LogP contribution in [-0.2, 0) is 53.3 Å². The van der Waals surface area contributed by atoms with E-state index in [0.29, 0.717) is 60.2 Å². The number of aromatic nitrogens is 5. The quantitative estimate of drug-likeness (QED) is 0.109. The molecule has 4 saturated heterocycles. The van der Waals surface area contributed by atoms with Crippen LogP contribution in [0.4, 0.5) is 34.9 Å². The number of fused-ring (bicyclic) bond motifs is 4. The minimum absolute atomic E-state index is 0.0393. The number of imidazole rings is 2. The number of carbonyl (C=O) groups is 6. The van der Waals surface area contributed by atoms with Gasteiger partial charge in [0.15, 0.2) is 17.2 Å². The Morgan fingerprint density at radius 3 is 1.52 bits per heavy atom. The van der Waals surface area contributed by atoms with E-state index in [1.54, 1.807) is 41.3 Å². The van der Waals surface area contributed by atoms with Gasteiger partial charge in [-0.3, -0.25) is 19.7 Å². The summed E-state index contributed by atoms with van der Waals surface area (Å²) in [5.41, 5.74) is 8.24. The number of nitrogens with zero attached hydrogens (tertiary/aromatic N) is 11. The molecule has 3 N–H and O–H groups in total. The molecule has 8 aliphatic rings. The number of carbonyl (C=O) groups excluding carboxylic acids is 4. The van der Waals surface area contributed by atoms with Crippen LogP contribution >= 0.6 is 11.3 Å². The normalized spacial score (nSPS) is 19.1. The number of aryl methyl sites for hydroxylation is 2. The summed E-state index contributed by atoms with van der Waals surface area (Å²) in [5, 5.41) is 24.4. The summed E-state index contributed by atoms with van der Waals surface area (Å²) in [5.74, 6) is -3.53. The number of piperidine rings is 2. The number of carboxylic acid groups (broad SMARTS) is 2. The summed E-state index contributed by atoms with van der Waals surface area (Å²) in [6.07, 6.45) is 10.7. The van der Waals surface area contributed by atoms with Crippen molar-refractivity contribution in [1.29, 1.82) is 0 Å². The topological polar surface area (TPSA) is 232 Å². The lowest BCUT2D eigenvalue weighted by molar-refractivity contribution is -0.142. The molecule has 0 saturated carbocycles. The molecule has 4 fully saturated rings. The van der Waals surface area contributed by atoms with Gasteiger partial charge in [0, 0.05) is 133 Å². The van der Waals surface area contributed by atoms with Gasteiger partial charge in [-0.2, -0.15) is 0 Å². The molecule has 3 aromatic heterocycles. The number of benzene rings is 4. The molecule has 21 nitrogen and oxygen atoms in total. The van der Waals surface area contributed by atoms with Crippen LogP contribution in [0.5, 0.6) is 0 Å². The minimum atomic E-state index is -1.27. The first-order valence-corrected chi connectivity index (χ1v) is 32.0. The molecule has 0 radical (unpaired) electrons. The van der Waals surface area contributed by atoms with Gasteiger partial charge in [-0.15, -0.1) is 11.3 Å². The van der Waals surface area contributed by atoms with E-state index >= 15 is 8.78 Å². The maximum atomic E-state index is 15.7. The summed E-state index contributed by atoms with van der Waals surface area (Å²) in [4.78, 5) is 101. The third-order valence-electron chi connectivity index (χ3n) is 19.7. The van der Waals surface area contributed by atoms with Gasteiger partial charge in [0.1, 0.15) is 17.2 Å². The van der Waals surface area contributed by atoms with E-state index in [4.69, 9.17) is 4.74 Å². The fourth-order valence-corrected chi connectivity index (χ4v) is 15.3. The van der Waals surface area contributed by atoms with Gasteiger partial charge in [-0.25, -0.2) is 38.1 Å². The first kappa shape index (κ1) is 59.4. The number of halogens is 2. The van der Waals surface area contributed by atoms with Crippen LogP contribution in [0.25, 0.3) is 22.3 Å². The standard InChI is InChI=1S/C34H38FN5O5.C33H32FN7O4S/c1-33(2,3)45-32(44)37-13-10-34(11-14-37)18-39(19-34)23-8-6-21(7-9-23)22-15-24-25(26(35)16-22)17-40(30(24)41)29(31(42)43)28-27-5-4-12-38(27)20-36-28;34-25-15-21(20-3-5-22(6-4-20)40-17-33(18-40)7-11-38(12-8-33)32(44)45)14-23-24(25)16-41(30(23)43)28(29(42)37-31-35-9-13-46-31)27-26-2-1-10-39(26)19-36-27/h6-9,15-16,20,29H,4-5,10-14,17-19H2,1-3H3,(H,42,43);3-6,9,13-15,19,28H,1-2,7-8,10-12,16-18H2,(H,44,45)(H,35,37,42). The van der Waals surface area contributed by atoms with Crippen molar-refractivity contribution in [2.75, 3.05) is 67.5 Å². The molecule has 4 aromatic carbocycles. The number of aliphatic carboxylic acids is 1. The number of nitrogens with one attached hydrogen (secondary N) is 1. The molecule has 8 aliphatic heterocycles. The average Bonchev–Trinajstić information content (AvgIpc) is 1.75. The lowest BCUT2D eigenvalue weighted by Gasteiger charge is -2.55. The highest BCUT2D eigenvalue weighted by atomic mass is 32.1. The number of thiazole rings is 1. The second-order valence-corrected chi connectivity index (χ2v) is 27.5. The van der Waals surface area contributed by atoms with Crippen molar-refractivity contribution in [2.45, 2.75) is 116 Å². The second-order valence-electron chi connectivity index (χ2n) is 26.6. The van der Waals surface area contributed by atoms with Crippen LogP contribution in [0.2, 0.25) is 0 Å². The predicted octanol–water partition coefficient (Wildman–Crippen LogP) is 10.3. The predicted molar refractivity (Wildman–Crippen MR) is 334 cm³/mol. The number of ether oxygens (including phenoxy) is 1. The molecule has 91 heavy (non-hydrogen) atoms. The van der Waals surface area contributed by atoms with Crippen LogP contribution in [-0.4, -0.2) is 148 Å². The zero-order valence-corrected chi connectivity index (χ0v) is 51.7. The van der Waals surface area contributed by atoms with Crippen LogP contribution in [0.15, 0.2) is 97.0 Å². The van der Waals surface area contributed by atoms with Crippen LogP contribution in [0, 0.1) is 22.5 Å². The second kappa shape index (κ2) is 22.9. The summed E-state index contributed by atoms with van der Waals surface area (Å²) in [6, 6.07) is 19.7. The fourth-order valence-electron chi connectivity index (χ4n) is 14.8. The molecular formula is C67H70F2N12O9S. The van der Waals surface area contributed by atoms with Crippen LogP contribution in [0.1, 0.15) is 126 Å². The average molecular weight is 1260 g/mol. The third kappa shape index (κ3) is 11.1. The van der Waals surface area contributed by atoms with Gasteiger partial charge < -0.3 is 53.5 Å². The van der Waals surface area contributed by atoms with E-state index in [1.807, 2.05) is 78.4 Å². The van der Waals surface area contributed by atoms with E-state index in [9.17, 15) is 39.0 Å². The number of rotatable bonds is 11. The molecule has 0 aliphatic carbocycles. The highest BCUT2D eigenvalue weighted by Gasteiger charge is 2.49. The Bertz CT molecular complexity index is 4040. The van der Waals surface area contributed by atoms with Crippen molar-refractivity contribution in [2.24, 2.45) is 10.8 Å². The van der Waals surface area contributed by atoms with E-state index < -0.39 is 59.1 Å². The Morgan fingerprint density at radius 2 is 1.08 bits per heavy atom. The Kier molecular flexibility index (Phi) is 15.0. The maximum absolute atomic E-state index is 15.7. The first-order chi connectivity index (χ1) is 43.7. The molecule has 2 unspecified atom stereocenters. The van der Waals surface area contributed by atoms with E-state index in [0.717, 1.165) is 118 Å². The molecule has 7 aromatic rings. The Balaban J connectivity index is 0.000000159. The van der Waals surface area contributed by atoms with E-state index in [2.05, 4.69) is 30.1 Å². The summed E-state index contributed by atoms with van der Waals surface area (Å²) in [7, 11) is 0. The molecule has 472 valence electrons. The molecule has 11 heterocycles. The number of amides is 5. The van der Waals surface area contributed by atoms with Gasteiger partial charge in [0.05, 0.1) is 37.1 Å². The van der Waals surface area contributed by atoms with Crippen LogP contribution in [0.3, 0.4) is 0 Å². The highest BCUT2D eigenvalue weighted by molar-refractivity contribution is 7.13. The lowest BCUT2D eigenvalue weighted by atomic mass is 9.72. The SMILES string of the molecule is CC(C)(C)OC(=O)N1CCC2(CC1)CN(c1ccc(-c3cc(F)c4c(c3)C(=O)N(C(C(=O)O)c3ncn5c3CCC5)C4)cc1)C2.O=C(Nc1nccs1)C(c1ncn2c1CCC2)N1Cc2c(F)cc(-c3ccc(N4CC5(CCN(C(=O)O)CC5)C4)cc3)cc2C1=O. The van der Waals surface area contributed by atoms with Crippen LogP contribution < -0.4 is 15.1 Å². The van der Waals surface area contributed by atoms with Crippen molar-refractivity contribution in [1.82, 2.24) is 43.7 Å². The molecule has 0 bridgehead atoms. The molecule has 5 amide bonds. The summed E-state index contributed by atoms with van der Waals surface area (Å²) < 4.78 is 40.6. The molecular weight excluding hydrogens is 1190 g/mol. The number of anilines is 3. The smallest absolute Gasteiger partial charge is 0.410 e. The van der Waals surface area contributed by atoms with Gasteiger partial charge in [-0.05, 0) is 143 Å².